The van der Waals surface area contributed by atoms with Gasteiger partial charge in [0.1, 0.15) is 5.82 Å². The van der Waals surface area contributed by atoms with Crippen LogP contribution in [-0.4, -0.2) is 33.4 Å². The number of rotatable bonds is 3. The molecule has 3 rings (SSSR count). The van der Waals surface area contributed by atoms with Crippen molar-refractivity contribution in [2.45, 2.75) is 31.9 Å². The van der Waals surface area contributed by atoms with E-state index in [-0.39, 0.29) is 6.04 Å². The van der Waals surface area contributed by atoms with E-state index in [0.717, 1.165) is 30.9 Å². The summed E-state index contributed by atoms with van der Waals surface area (Å²) in [6.45, 7) is 3.02. The molecule has 2 unspecified atom stereocenters. The molecule has 2 aromatic rings. The van der Waals surface area contributed by atoms with Crippen molar-refractivity contribution in [1.29, 1.82) is 0 Å². The van der Waals surface area contributed by atoms with Gasteiger partial charge in [0.2, 0.25) is 0 Å². The lowest BCUT2D eigenvalue weighted by Gasteiger charge is -2.20. The van der Waals surface area contributed by atoms with E-state index in [4.69, 9.17) is 4.74 Å². The van der Waals surface area contributed by atoms with Crippen molar-refractivity contribution in [3.63, 3.8) is 0 Å². The summed E-state index contributed by atoms with van der Waals surface area (Å²) in [5.74, 6) is 0.876. The van der Waals surface area contributed by atoms with Crippen molar-refractivity contribution in [1.82, 2.24) is 14.6 Å². The molecule has 17 heavy (non-hydrogen) atoms. The molecule has 0 bridgehead atoms. The molecule has 5 nitrogen and oxygen atoms in total. The highest BCUT2D eigenvalue weighted by atomic mass is 16.5. The average molecular weight is 232 g/mol. The Balaban J connectivity index is 1.74. The fraction of sp³-hybridized carbons (Fsp3) is 0.500. The number of aromatic nitrogens is 3. The lowest BCUT2D eigenvalue weighted by Crippen LogP contribution is -2.30. The summed E-state index contributed by atoms with van der Waals surface area (Å²) in [6.07, 6.45) is 6.25. The highest BCUT2D eigenvalue weighted by molar-refractivity contribution is 5.45. The molecule has 3 heterocycles. The van der Waals surface area contributed by atoms with Crippen molar-refractivity contribution < 1.29 is 4.74 Å². The Labute approximate surface area is 99.8 Å². The van der Waals surface area contributed by atoms with Crippen LogP contribution in [0.1, 0.15) is 19.8 Å². The fourth-order valence-corrected chi connectivity index (χ4v) is 2.22. The number of nitrogens with one attached hydrogen (secondary N) is 1. The first-order valence-electron chi connectivity index (χ1n) is 6.01. The zero-order valence-electron chi connectivity index (χ0n) is 9.84. The summed E-state index contributed by atoms with van der Waals surface area (Å²) in [5, 5.41) is 7.51. The first kappa shape index (κ1) is 10.5. The SMILES string of the molecule is CC(Nc1ccn2nccc2n1)C1CCCO1. The van der Waals surface area contributed by atoms with E-state index in [1.54, 1.807) is 10.7 Å². The molecule has 2 aromatic heterocycles. The van der Waals surface area contributed by atoms with E-state index in [2.05, 4.69) is 22.3 Å². The zero-order chi connectivity index (χ0) is 11.7. The largest absolute Gasteiger partial charge is 0.376 e. The van der Waals surface area contributed by atoms with E-state index in [1.807, 2.05) is 18.3 Å². The van der Waals surface area contributed by atoms with Crippen LogP contribution in [0.4, 0.5) is 5.82 Å². The third-order valence-corrected chi connectivity index (χ3v) is 3.16. The molecular formula is C12H16N4O. The van der Waals surface area contributed by atoms with Crippen molar-refractivity contribution in [2.75, 3.05) is 11.9 Å². The predicted molar refractivity (Wildman–Crippen MR) is 65.0 cm³/mol. The quantitative estimate of drug-likeness (QED) is 0.875. The summed E-state index contributed by atoms with van der Waals surface area (Å²) in [5.41, 5.74) is 0.856. The van der Waals surface area contributed by atoms with Crippen molar-refractivity contribution in [2.24, 2.45) is 0 Å². The molecule has 0 saturated carbocycles. The maximum atomic E-state index is 5.65. The van der Waals surface area contributed by atoms with Gasteiger partial charge in [0, 0.05) is 18.9 Å². The number of fused-ring (bicyclic) bond motifs is 1. The Hall–Kier alpha value is -1.62. The van der Waals surface area contributed by atoms with Gasteiger partial charge >= 0.3 is 0 Å². The van der Waals surface area contributed by atoms with Crippen LogP contribution >= 0.6 is 0 Å². The van der Waals surface area contributed by atoms with E-state index < -0.39 is 0 Å². The Morgan fingerprint density at radius 2 is 2.47 bits per heavy atom. The minimum atomic E-state index is 0.287. The average Bonchev–Trinajstić information content (AvgIpc) is 2.99. The van der Waals surface area contributed by atoms with Gasteiger partial charge in [-0.25, -0.2) is 9.50 Å². The van der Waals surface area contributed by atoms with Gasteiger partial charge in [-0.05, 0) is 25.8 Å². The third-order valence-electron chi connectivity index (χ3n) is 3.16. The van der Waals surface area contributed by atoms with Gasteiger partial charge in [-0.2, -0.15) is 5.10 Å². The van der Waals surface area contributed by atoms with Gasteiger partial charge in [-0.3, -0.25) is 0 Å². The first-order valence-corrected chi connectivity index (χ1v) is 6.01. The van der Waals surface area contributed by atoms with Crippen LogP contribution < -0.4 is 5.32 Å². The molecule has 90 valence electrons. The van der Waals surface area contributed by atoms with Crippen molar-refractivity contribution >= 4 is 11.5 Å². The Bertz CT molecular complexity index is 504. The molecule has 1 aliphatic heterocycles. The molecule has 1 aliphatic rings. The number of hydrogen-bond acceptors (Lipinski definition) is 4. The van der Waals surface area contributed by atoms with Gasteiger partial charge in [-0.1, -0.05) is 0 Å². The van der Waals surface area contributed by atoms with Gasteiger partial charge in [-0.15, -0.1) is 0 Å². The van der Waals surface area contributed by atoms with Crippen LogP contribution in [0.25, 0.3) is 5.65 Å². The lowest BCUT2D eigenvalue weighted by atomic mass is 10.1. The molecule has 5 heteroatoms. The molecule has 2 atom stereocenters. The highest BCUT2D eigenvalue weighted by Crippen LogP contribution is 2.18. The Morgan fingerprint density at radius 1 is 1.53 bits per heavy atom. The standard InChI is InChI=1S/C12H16N4O/c1-9(10-3-2-8-17-10)14-11-5-7-16-12(15-11)4-6-13-16/h4-7,9-10H,2-3,8H2,1H3,(H,14,15). The minimum absolute atomic E-state index is 0.287. The van der Waals surface area contributed by atoms with Crippen LogP contribution in [0.5, 0.6) is 0 Å². The van der Waals surface area contributed by atoms with Crippen LogP contribution in [0.2, 0.25) is 0 Å². The smallest absolute Gasteiger partial charge is 0.157 e. The van der Waals surface area contributed by atoms with Crippen LogP contribution in [-0.2, 0) is 4.74 Å². The van der Waals surface area contributed by atoms with E-state index in [0.29, 0.717) is 6.10 Å². The minimum Gasteiger partial charge on any atom is -0.376 e. The summed E-state index contributed by atoms with van der Waals surface area (Å²) < 4.78 is 7.40. The van der Waals surface area contributed by atoms with Crippen LogP contribution in [0.3, 0.4) is 0 Å². The van der Waals surface area contributed by atoms with Gasteiger partial charge in [0.25, 0.3) is 0 Å². The summed E-state index contributed by atoms with van der Waals surface area (Å²) in [6, 6.07) is 4.11. The molecule has 0 spiro atoms. The number of anilines is 1. The van der Waals surface area contributed by atoms with E-state index in [1.165, 1.54) is 0 Å². The molecule has 1 saturated heterocycles. The molecule has 0 amide bonds. The fourth-order valence-electron chi connectivity index (χ4n) is 2.22. The highest BCUT2D eigenvalue weighted by Gasteiger charge is 2.22. The second-order valence-electron chi connectivity index (χ2n) is 4.43. The Kier molecular flexibility index (Phi) is 2.68. The molecule has 0 aliphatic carbocycles. The topological polar surface area (TPSA) is 51.5 Å². The number of nitrogens with zero attached hydrogens (tertiary/aromatic N) is 3. The summed E-state index contributed by atoms with van der Waals surface area (Å²) in [4.78, 5) is 4.48. The van der Waals surface area contributed by atoms with Gasteiger partial charge in [0.15, 0.2) is 5.65 Å². The Morgan fingerprint density at radius 3 is 3.29 bits per heavy atom. The summed E-state index contributed by atoms with van der Waals surface area (Å²) >= 11 is 0. The maximum Gasteiger partial charge on any atom is 0.157 e. The van der Waals surface area contributed by atoms with Gasteiger partial charge < -0.3 is 10.1 Å². The van der Waals surface area contributed by atoms with Crippen molar-refractivity contribution in [3.8, 4) is 0 Å². The normalized spacial score (nSPS) is 21.8. The first-order chi connectivity index (χ1) is 8.33. The second-order valence-corrected chi connectivity index (χ2v) is 4.43. The predicted octanol–water partition coefficient (Wildman–Crippen LogP) is 1.71. The third kappa shape index (κ3) is 2.10. The number of ether oxygens (including phenoxy) is 1. The molecule has 0 aromatic carbocycles. The molecule has 1 fully saturated rings. The monoisotopic (exact) mass is 232 g/mol. The second kappa shape index (κ2) is 4.33. The summed E-state index contributed by atoms with van der Waals surface area (Å²) in [7, 11) is 0. The van der Waals surface area contributed by atoms with Gasteiger partial charge in [0.05, 0.1) is 18.3 Å². The van der Waals surface area contributed by atoms with E-state index >= 15 is 0 Å². The van der Waals surface area contributed by atoms with E-state index in [9.17, 15) is 0 Å². The van der Waals surface area contributed by atoms with Crippen LogP contribution in [0, 0.1) is 0 Å². The maximum absolute atomic E-state index is 5.65. The number of hydrogen-bond donors (Lipinski definition) is 1. The molecule has 1 N–H and O–H groups in total. The molecular weight excluding hydrogens is 216 g/mol. The zero-order valence-corrected chi connectivity index (χ0v) is 9.84. The van der Waals surface area contributed by atoms with Crippen LogP contribution in [0.15, 0.2) is 24.5 Å². The lowest BCUT2D eigenvalue weighted by molar-refractivity contribution is 0.0995. The van der Waals surface area contributed by atoms with Crippen molar-refractivity contribution in [3.05, 3.63) is 24.5 Å². The molecule has 0 radical (unpaired) electrons.